The largest absolute Gasteiger partial charge is 0.317 e. The number of halogens is 1. The number of rotatable bonds is 7. The first-order valence-electron chi connectivity index (χ1n) is 7.04. The number of benzene rings is 1. The Morgan fingerprint density at radius 3 is 2.75 bits per heavy atom. The van der Waals surface area contributed by atoms with Crippen LogP contribution in [0, 0.1) is 12.8 Å². The van der Waals surface area contributed by atoms with Crippen molar-refractivity contribution < 1.29 is 0 Å². The van der Waals surface area contributed by atoms with Crippen LogP contribution in [0.4, 0.5) is 0 Å². The summed E-state index contributed by atoms with van der Waals surface area (Å²) < 4.78 is 0. The number of hydrogen-bond acceptors (Lipinski definition) is 3. The van der Waals surface area contributed by atoms with Crippen LogP contribution < -0.4 is 5.32 Å². The highest BCUT2D eigenvalue weighted by Crippen LogP contribution is 2.22. The van der Waals surface area contributed by atoms with Crippen molar-refractivity contribution in [2.24, 2.45) is 5.92 Å². The first-order chi connectivity index (χ1) is 9.69. The summed E-state index contributed by atoms with van der Waals surface area (Å²) in [5.74, 6) is 0.528. The third-order valence-corrected chi connectivity index (χ3v) is 4.64. The molecule has 1 aromatic heterocycles. The molecule has 0 spiro atoms. The van der Waals surface area contributed by atoms with Crippen LogP contribution >= 0.6 is 22.9 Å². The lowest BCUT2D eigenvalue weighted by Gasteiger charge is -2.17. The second kappa shape index (κ2) is 7.77. The SMILES string of the molecule is CCNCC(Cc1nc(C)cs1)Cc1ccccc1Cl. The van der Waals surface area contributed by atoms with Crippen molar-refractivity contribution in [3.63, 3.8) is 0 Å². The summed E-state index contributed by atoms with van der Waals surface area (Å²) in [4.78, 5) is 4.58. The lowest BCUT2D eigenvalue weighted by molar-refractivity contribution is 0.477. The van der Waals surface area contributed by atoms with Gasteiger partial charge in [0.2, 0.25) is 0 Å². The van der Waals surface area contributed by atoms with Gasteiger partial charge in [-0.3, -0.25) is 0 Å². The Labute approximate surface area is 130 Å². The highest BCUT2D eigenvalue weighted by Gasteiger charge is 2.14. The fourth-order valence-electron chi connectivity index (χ4n) is 2.28. The summed E-state index contributed by atoms with van der Waals surface area (Å²) >= 11 is 8.03. The van der Waals surface area contributed by atoms with Crippen molar-refractivity contribution in [2.45, 2.75) is 26.7 Å². The van der Waals surface area contributed by atoms with E-state index in [1.807, 2.05) is 19.1 Å². The van der Waals surface area contributed by atoms with Crippen LogP contribution in [-0.2, 0) is 12.8 Å². The van der Waals surface area contributed by atoms with Crippen molar-refractivity contribution >= 4 is 22.9 Å². The van der Waals surface area contributed by atoms with E-state index in [1.165, 1.54) is 10.6 Å². The Bertz CT molecular complexity index is 539. The van der Waals surface area contributed by atoms with E-state index in [1.54, 1.807) is 11.3 Å². The van der Waals surface area contributed by atoms with Crippen molar-refractivity contribution in [1.82, 2.24) is 10.3 Å². The van der Waals surface area contributed by atoms with Crippen LogP contribution in [0.1, 0.15) is 23.2 Å². The van der Waals surface area contributed by atoms with Gasteiger partial charge in [0.1, 0.15) is 0 Å². The molecule has 0 fully saturated rings. The molecule has 2 nitrogen and oxygen atoms in total. The topological polar surface area (TPSA) is 24.9 Å². The Balaban J connectivity index is 2.05. The van der Waals surface area contributed by atoms with Gasteiger partial charge in [0.25, 0.3) is 0 Å². The summed E-state index contributed by atoms with van der Waals surface area (Å²) in [6, 6.07) is 8.12. The molecule has 2 aromatic rings. The van der Waals surface area contributed by atoms with E-state index in [0.29, 0.717) is 5.92 Å². The standard InChI is InChI=1S/C16H21ClN2S/c1-3-18-10-13(9-16-19-12(2)11-20-16)8-14-6-4-5-7-15(14)17/h4-7,11,13,18H,3,8-10H2,1-2H3. The molecule has 20 heavy (non-hydrogen) atoms. The zero-order chi connectivity index (χ0) is 14.4. The van der Waals surface area contributed by atoms with Gasteiger partial charge in [0, 0.05) is 22.5 Å². The van der Waals surface area contributed by atoms with E-state index < -0.39 is 0 Å². The molecule has 0 radical (unpaired) electrons. The highest BCUT2D eigenvalue weighted by molar-refractivity contribution is 7.09. The zero-order valence-electron chi connectivity index (χ0n) is 12.0. The van der Waals surface area contributed by atoms with E-state index in [4.69, 9.17) is 11.6 Å². The molecule has 1 unspecified atom stereocenters. The van der Waals surface area contributed by atoms with Gasteiger partial charge in [0.15, 0.2) is 0 Å². The summed E-state index contributed by atoms with van der Waals surface area (Å²) in [5, 5.41) is 7.65. The summed E-state index contributed by atoms with van der Waals surface area (Å²) in [6.07, 6.45) is 2.00. The predicted octanol–water partition coefficient (Wildman–Crippen LogP) is 4.12. The molecule has 0 aliphatic carbocycles. The molecular weight excluding hydrogens is 288 g/mol. The number of nitrogens with zero attached hydrogens (tertiary/aromatic N) is 1. The summed E-state index contributed by atoms with van der Waals surface area (Å²) in [5.41, 5.74) is 2.34. The first-order valence-corrected chi connectivity index (χ1v) is 8.30. The van der Waals surface area contributed by atoms with Gasteiger partial charge in [-0.05, 0) is 44.0 Å². The normalized spacial score (nSPS) is 12.6. The molecule has 1 atom stereocenters. The summed E-state index contributed by atoms with van der Waals surface area (Å²) in [7, 11) is 0. The van der Waals surface area contributed by atoms with Crippen LogP contribution in [0.5, 0.6) is 0 Å². The number of hydrogen-bond donors (Lipinski definition) is 1. The Hall–Kier alpha value is -0.900. The fourth-order valence-corrected chi connectivity index (χ4v) is 3.38. The molecule has 1 N–H and O–H groups in total. The maximum Gasteiger partial charge on any atom is 0.0931 e. The minimum Gasteiger partial charge on any atom is -0.317 e. The predicted molar refractivity (Wildman–Crippen MR) is 87.7 cm³/mol. The van der Waals surface area contributed by atoms with E-state index in [0.717, 1.165) is 36.6 Å². The van der Waals surface area contributed by atoms with Crippen molar-refractivity contribution in [3.8, 4) is 0 Å². The molecular formula is C16H21ClN2S. The molecule has 1 aromatic carbocycles. The lowest BCUT2D eigenvalue weighted by atomic mass is 9.96. The van der Waals surface area contributed by atoms with Crippen molar-refractivity contribution in [2.75, 3.05) is 13.1 Å². The maximum atomic E-state index is 6.28. The number of thiazole rings is 1. The molecule has 2 rings (SSSR count). The average Bonchev–Trinajstić information content (AvgIpc) is 2.84. The monoisotopic (exact) mass is 308 g/mol. The second-order valence-corrected chi connectivity index (χ2v) is 6.41. The Morgan fingerprint density at radius 2 is 2.10 bits per heavy atom. The van der Waals surface area contributed by atoms with E-state index in [2.05, 4.69) is 34.7 Å². The van der Waals surface area contributed by atoms with Gasteiger partial charge < -0.3 is 5.32 Å². The zero-order valence-corrected chi connectivity index (χ0v) is 13.6. The molecule has 4 heteroatoms. The molecule has 0 bridgehead atoms. The minimum atomic E-state index is 0.528. The van der Waals surface area contributed by atoms with Gasteiger partial charge in [0.05, 0.1) is 5.01 Å². The van der Waals surface area contributed by atoms with E-state index >= 15 is 0 Å². The molecule has 0 aliphatic rings. The smallest absolute Gasteiger partial charge is 0.0931 e. The van der Waals surface area contributed by atoms with Gasteiger partial charge in [-0.1, -0.05) is 36.7 Å². The number of nitrogens with one attached hydrogen (secondary N) is 1. The molecule has 108 valence electrons. The van der Waals surface area contributed by atoms with Gasteiger partial charge >= 0.3 is 0 Å². The second-order valence-electron chi connectivity index (χ2n) is 5.06. The highest BCUT2D eigenvalue weighted by atomic mass is 35.5. The minimum absolute atomic E-state index is 0.528. The van der Waals surface area contributed by atoms with Gasteiger partial charge in [-0.25, -0.2) is 4.98 Å². The van der Waals surface area contributed by atoms with E-state index in [9.17, 15) is 0 Å². The molecule has 1 heterocycles. The van der Waals surface area contributed by atoms with Crippen LogP contribution in [0.3, 0.4) is 0 Å². The van der Waals surface area contributed by atoms with Crippen LogP contribution in [0.15, 0.2) is 29.6 Å². The third kappa shape index (κ3) is 4.58. The van der Waals surface area contributed by atoms with Crippen LogP contribution in [0.2, 0.25) is 5.02 Å². The van der Waals surface area contributed by atoms with Gasteiger partial charge in [-0.2, -0.15) is 0 Å². The average molecular weight is 309 g/mol. The molecule has 0 saturated carbocycles. The fraction of sp³-hybridized carbons (Fsp3) is 0.438. The third-order valence-electron chi connectivity index (χ3n) is 3.28. The quantitative estimate of drug-likeness (QED) is 0.832. The molecule has 0 aliphatic heterocycles. The Morgan fingerprint density at radius 1 is 1.30 bits per heavy atom. The van der Waals surface area contributed by atoms with E-state index in [-0.39, 0.29) is 0 Å². The van der Waals surface area contributed by atoms with Crippen molar-refractivity contribution in [3.05, 3.63) is 50.9 Å². The first kappa shape index (κ1) is 15.5. The van der Waals surface area contributed by atoms with Crippen molar-refractivity contribution in [1.29, 1.82) is 0 Å². The van der Waals surface area contributed by atoms with Gasteiger partial charge in [-0.15, -0.1) is 11.3 Å². The lowest BCUT2D eigenvalue weighted by Crippen LogP contribution is -2.25. The Kier molecular flexibility index (Phi) is 6.02. The molecule has 0 saturated heterocycles. The number of aryl methyl sites for hydroxylation is 1. The summed E-state index contributed by atoms with van der Waals surface area (Å²) in [6.45, 7) is 6.18. The van der Waals surface area contributed by atoms with Crippen LogP contribution in [-0.4, -0.2) is 18.1 Å². The number of aromatic nitrogens is 1. The van der Waals surface area contributed by atoms with Crippen LogP contribution in [0.25, 0.3) is 0 Å². The molecule has 0 amide bonds. The maximum absolute atomic E-state index is 6.28.